The minimum absolute atomic E-state index is 0.392. The van der Waals surface area contributed by atoms with Crippen LogP contribution in [-0.2, 0) is 4.74 Å². The fraction of sp³-hybridized carbons (Fsp3) is 0.133. The standard InChI is InChI=1S/C15H15NO3S/c1-18-15(17)10-7-8-12(11(16)9-10)19-13-5-3-4-6-14(13)20-2/h3-9H,16H2,1-2H3. The van der Waals surface area contributed by atoms with Crippen molar-refractivity contribution in [3.05, 3.63) is 48.0 Å². The van der Waals surface area contributed by atoms with E-state index in [9.17, 15) is 4.79 Å². The molecule has 104 valence electrons. The summed E-state index contributed by atoms with van der Waals surface area (Å²) in [5.74, 6) is 0.824. The highest BCUT2D eigenvalue weighted by molar-refractivity contribution is 7.98. The highest BCUT2D eigenvalue weighted by atomic mass is 32.2. The van der Waals surface area contributed by atoms with Gasteiger partial charge in [-0.1, -0.05) is 12.1 Å². The summed E-state index contributed by atoms with van der Waals surface area (Å²) in [4.78, 5) is 12.4. The minimum atomic E-state index is -0.423. The molecule has 0 heterocycles. The molecule has 0 atom stereocenters. The molecule has 0 saturated carbocycles. The van der Waals surface area contributed by atoms with E-state index in [1.54, 1.807) is 30.0 Å². The SMILES string of the molecule is COC(=O)c1ccc(Oc2ccccc2SC)c(N)c1. The lowest BCUT2D eigenvalue weighted by Gasteiger charge is -2.12. The highest BCUT2D eigenvalue weighted by Gasteiger charge is 2.10. The van der Waals surface area contributed by atoms with Crippen LogP contribution >= 0.6 is 11.8 Å². The maximum atomic E-state index is 11.4. The monoisotopic (exact) mass is 289 g/mol. The number of methoxy groups -OCH3 is 1. The molecule has 0 aliphatic carbocycles. The van der Waals surface area contributed by atoms with Gasteiger partial charge in [0.1, 0.15) is 11.5 Å². The normalized spacial score (nSPS) is 10.1. The van der Waals surface area contributed by atoms with Gasteiger partial charge in [-0.2, -0.15) is 0 Å². The van der Waals surface area contributed by atoms with Gasteiger partial charge in [0.25, 0.3) is 0 Å². The number of esters is 1. The van der Waals surface area contributed by atoms with E-state index >= 15 is 0 Å². The molecule has 2 N–H and O–H groups in total. The number of nitrogen functional groups attached to an aromatic ring is 1. The number of nitrogens with two attached hydrogens (primary N) is 1. The first-order chi connectivity index (χ1) is 9.65. The second kappa shape index (κ2) is 6.34. The van der Waals surface area contributed by atoms with Crippen LogP contribution in [0.4, 0.5) is 5.69 Å². The van der Waals surface area contributed by atoms with Gasteiger partial charge >= 0.3 is 5.97 Å². The van der Waals surface area contributed by atoms with Crippen molar-refractivity contribution in [3.63, 3.8) is 0 Å². The lowest BCUT2D eigenvalue weighted by molar-refractivity contribution is 0.0601. The Morgan fingerprint density at radius 2 is 1.90 bits per heavy atom. The van der Waals surface area contributed by atoms with Crippen molar-refractivity contribution in [3.8, 4) is 11.5 Å². The molecule has 0 saturated heterocycles. The number of hydrogen-bond acceptors (Lipinski definition) is 5. The molecule has 0 radical (unpaired) electrons. The summed E-state index contributed by atoms with van der Waals surface area (Å²) in [6.45, 7) is 0. The summed E-state index contributed by atoms with van der Waals surface area (Å²) in [7, 11) is 1.33. The Hall–Kier alpha value is -2.14. The zero-order valence-electron chi connectivity index (χ0n) is 11.3. The van der Waals surface area contributed by atoms with Gasteiger partial charge in [0.2, 0.25) is 0 Å². The topological polar surface area (TPSA) is 61.5 Å². The molecule has 0 aliphatic rings. The zero-order chi connectivity index (χ0) is 14.5. The van der Waals surface area contributed by atoms with Crippen LogP contribution < -0.4 is 10.5 Å². The largest absolute Gasteiger partial charge is 0.465 e. The van der Waals surface area contributed by atoms with Crippen LogP contribution in [0.1, 0.15) is 10.4 Å². The third kappa shape index (κ3) is 3.05. The van der Waals surface area contributed by atoms with Crippen molar-refractivity contribution in [2.24, 2.45) is 0 Å². The van der Waals surface area contributed by atoms with E-state index in [0.717, 1.165) is 10.6 Å². The number of anilines is 1. The summed E-state index contributed by atoms with van der Waals surface area (Å²) >= 11 is 1.59. The Balaban J connectivity index is 2.28. The second-order valence-electron chi connectivity index (χ2n) is 4.00. The number of rotatable bonds is 4. The van der Waals surface area contributed by atoms with Crippen molar-refractivity contribution >= 4 is 23.4 Å². The van der Waals surface area contributed by atoms with Crippen LogP contribution in [0, 0.1) is 0 Å². The lowest BCUT2D eigenvalue weighted by atomic mass is 10.2. The Labute approximate surface area is 121 Å². The molecule has 0 fully saturated rings. The Morgan fingerprint density at radius 3 is 2.55 bits per heavy atom. The van der Waals surface area contributed by atoms with Crippen molar-refractivity contribution in [1.29, 1.82) is 0 Å². The molecule has 2 aromatic carbocycles. The number of benzene rings is 2. The van der Waals surface area contributed by atoms with Gasteiger partial charge in [-0.3, -0.25) is 0 Å². The number of thioether (sulfide) groups is 1. The van der Waals surface area contributed by atoms with Gasteiger partial charge in [0.15, 0.2) is 0 Å². The van der Waals surface area contributed by atoms with E-state index in [1.165, 1.54) is 7.11 Å². The maximum absolute atomic E-state index is 11.4. The fourth-order valence-electron chi connectivity index (χ4n) is 1.71. The van der Waals surface area contributed by atoms with Gasteiger partial charge in [0.05, 0.1) is 18.4 Å². The lowest BCUT2D eigenvalue weighted by Crippen LogP contribution is -2.02. The Kier molecular flexibility index (Phi) is 4.53. The smallest absolute Gasteiger partial charge is 0.337 e. The van der Waals surface area contributed by atoms with E-state index in [2.05, 4.69) is 4.74 Å². The molecule has 2 rings (SSSR count). The third-order valence-electron chi connectivity index (χ3n) is 2.72. The minimum Gasteiger partial charge on any atom is -0.465 e. The summed E-state index contributed by atoms with van der Waals surface area (Å²) in [6.07, 6.45) is 1.98. The molecular weight excluding hydrogens is 274 g/mol. The molecule has 0 bridgehead atoms. The molecule has 0 aliphatic heterocycles. The average Bonchev–Trinajstić information content (AvgIpc) is 2.49. The summed E-state index contributed by atoms with van der Waals surface area (Å²) in [5.41, 5.74) is 6.70. The van der Waals surface area contributed by atoms with Crippen LogP contribution in [0.25, 0.3) is 0 Å². The van der Waals surface area contributed by atoms with Gasteiger partial charge in [-0.15, -0.1) is 11.8 Å². The summed E-state index contributed by atoms with van der Waals surface area (Å²) < 4.78 is 10.4. The van der Waals surface area contributed by atoms with Crippen LogP contribution in [0.2, 0.25) is 0 Å². The first-order valence-corrected chi connectivity index (χ1v) is 7.17. The van der Waals surface area contributed by atoms with Crippen molar-refractivity contribution < 1.29 is 14.3 Å². The molecule has 4 nitrogen and oxygen atoms in total. The van der Waals surface area contributed by atoms with Gasteiger partial charge in [0, 0.05) is 4.90 Å². The molecule has 5 heteroatoms. The number of hydrogen-bond donors (Lipinski definition) is 1. The van der Waals surface area contributed by atoms with E-state index in [0.29, 0.717) is 17.0 Å². The van der Waals surface area contributed by atoms with E-state index in [1.807, 2.05) is 30.5 Å². The van der Waals surface area contributed by atoms with Crippen molar-refractivity contribution in [1.82, 2.24) is 0 Å². The first-order valence-electron chi connectivity index (χ1n) is 5.94. The summed E-state index contributed by atoms with van der Waals surface area (Å²) in [5, 5.41) is 0. The average molecular weight is 289 g/mol. The molecular formula is C15H15NO3S. The van der Waals surface area contributed by atoms with E-state index in [-0.39, 0.29) is 0 Å². The first kappa shape index (κ1) is 14.3. The van der Waals surface area contributed by atoms with Crippen LogP contribution in [-0.4, -0.2) is 19.3 Å². The zero-order valence-corrected chi connectivity index (χ0v) is 12.1. The van der Waals surface area contributed by atoms with Crippen LogP contribution in [0.3, 0.4) is 0 Å². The fourth-order valence-corrected chi connectivity index (χ4v) is 2.23. The van der Waals surface area contributed by atoms with Gasteiger partial charge in [-0.05, 0) is 36.6 Å². The summed E-state index contributed by atoms with van der Waals surface area (Å²) in [6, 6.07) is 12.5. The Bertz CT molecular complexity index is 628. The molecule has 0 aromatic heterocycles. The van der Waals surface area contributed by atoms with Crippen molar-refractivity contribution in [2.45, 2.75) is 4.90 Å². The predicted octanol–water partition coefficient (Wildman–Crippen LogP) is 3.57. The van der Waals surface area contributed by atoms with Crippen LogP contribution in [0.5, 0.6) is 11.5 Å². The molecule has 0 amide bonds. The molecule has 2 aromatic rings. The van der Waals surface area contributed by atoms with E-state index in [4.69, 9.17) is 10.5 Å². The highest BCUT2D eigenvalue weighted by Crippen LogP contribution is 2.34. The quantitative estimate of drug-likeness (QED) is 0.529. The van der Waals surface area contributed by atoms with Crippen LogP contribution in [0.15, 0.2) is 47.4 Å². The van der Waals surface area contributed by atoms with Gasteiger partial charge < -0.3 is 15.2 Å². The number of carbonyl (C=O) groups excluding carboxylic acids is 1. The molecule has 0 unspecified atom stereocenters. The van der Waals surface area contributed by atoms with Crippen molar-refractivity contribution in [2.75, 3.05) is 19.1 Å². The molecule has 0 spiro atoms. The maximum Gasteiger partial charge on any atom is 0.337 e. The number of ether oxygens (including phenoxy) is 2. The second-order valence-corrected chi connectivity index (χ2v) is 4.85. The number of carbonyl (C=O) groups is 1. The van der Waals surface area contributed by atoms with E-state index < -0.39 is 5.97 Å². The Morgan fingerprint density at radius 1 is 1.15 bits per heavy atom. The third-order valence-corrected chi connectivity index (χ3v) is 3.50. The predicted molar refractivity (Wildman–Crippen MR) is 80.5 cm³/mol. The molecule has 20 heavy (non-hydrogen) atoms. The number of para-hydroxylation sites is 1. The van der Waals surface area contributed by atoms with Gasteiger partial charge in [-0.25, -0.2) is 4.79 Å².